The van der Waals surface area contributed by atoms with Crippen LogP contribution in [0.2, 0.25) is 0 Å². The lowest BCUT2D eigenvalue weighted by Crippen LogP contribution is -2.14. The van der Waals surface area contributed by atoms with E-state index in [1.54, 1.807) is 0 Å². The van der Waals surface area contributed by atoms with Gasteiger partial charge in [-0.2, -0.15) is 0 Å². The molecule has 0 radical (unpaired) electrons. The Bertz CT molecular complexity index is 643. The Kier molecular flexibility index (Phi) is 6.85. The summed E-state index contributed by atoms with van der Waals surface area (Å²) in [6.45, 7) is 7.25. The molecule has 1 heterocycles. The van der Waals surface area contributed by atoms with Gasteiger partial charge < -0.3 is 10.6 Å². The Morgan fingerprint density at radius 3 is 2.91 bits per heavy atom. The van der Waals surface area contributed by atoms with Crippen molar-refractivity contribution in [2.75, 3.05) is 22.9 Å². The van der Waals surface area contributed by atoms with Crippen molar-refractivity contribution in [1.29, 1.82) is 0 Å². The average molecular weight is 351 g/mol. The van der Waals surface area contributed by atoms with Crippen molar-refractivity contribution in [1.82, 2.24) is 10.2 Å². The molecule has 0 atom stereocenters. The van der Waals surface area contributed by atoms with E-state index in [4.69, 9.17) is 0 Å². The van der Waals surface area contributed by atoms with Gasteiger partial charge in [-0.3, -0.25) is 4.79 Å². The van der Waals surface area contributed by atoms with Gasteiger partial charge in [0, 0.05) is 12.2 Å². The zero-order chi connectivity index (χ0) is 16.7. The number of benzene rings is 1. The summed E-state index contributed by atoms with van der Waals surface area (Å²) >= 11 is 2.88. The number of hydrogen-bond acceptors (Lipinski definition) is 6. The second-order valence-corrected chi connectivity index (χ2v) is 7.62. The van der Waals surface area contributed by atoms with Gasteiger partial charge in [-0.05, 0) is 30.0 Å². The summed E-state index contributed by atoms with van der Waals surface area (Å²) in [6.07, 6.45) is 1.04. The quantitative estimate of drug-likeness (QED) is 0.698. The van der Waals surface area contributed by atoms with Gasteiger partial charge in [-0.25, -0.2) is 0 Å². The van der Waals surface area contributed by atoms with Crippen LogP contribution in [0.5, 0.6) is 0 Å². The number of nitrogens with zero attached hydrogens (tertiary/aromatic N) is 2. The average Bonchev–Trinajstić information content (AvgIpc) is 2.99. The lowest BCUT2D eigenvalue weighted by molar-refractivity contribution is -0.113. The van der Waals surface area contributed by atoms with E-state index in [-0.39, 0.29) is 5.91 Å². The molecule has 0 aliphatic carbocycles. The topological polar surface area (TPSA) is 66.9 Å². The lowest BCUT2D eigenvalue weighted by atomic mass is 10.0. The Morgan fingerprint density at radius 2 is 2.17 bits per heavy atom. The number of anilines is 2. The van der Waals surface area contributed by atoms with Crippen LogP contribution < -0.4 is 10.6 Å². The monoisotopic (exact) mass is 350 g/mol. The minimum atomic E-state index is -0.0332. The second kappa shape index (κ2) is 8.88. The molecule has 1 aromatic carbocycles. The zero-order valence-corrected chi connectivity index (χ0v) is 15.3. The van der Waals surface area contributed by atoms with Crippen molar-refractivity contribution in [2.45, 2.75) is 37.4 Å². The number of aromatic nitrogens is 2. The number of amides is 1. The van der Waals surface area contributed by atoms with E-state index in [1.165, 1.54) is 28.7 Å². The molecule has 0 saturated carbocycles. The number of carbonyl (C=O) groups excluding carboxylic acids is 1. The van der Waals surface area contributed by atoms with E-state index in [2.05, 4.69) is 47.7 Å². The van der Waals surface area contributed by atoms with E-state index in [0.717, 1.165) is 28.1 Å². The molecule has 0 aliphatic rings. The molecule has 0 fully saturated rings. The van der Waals surface area contributed by atoms with Crippen LogP contribution in [0.4, 0.5) is 10.8 Å². The fraction of sp³-hybridized carbons (Fsp3) is 0.438. The maximum absolute atomic E-state index is 12.1. The molecule has 2 aromatic rings. The molecule has 0 aliphatic heterocycles. The summed E-state index contributed by atoms with van der Waals surface area (Å²) < 4.78 is 0.801. The number of hydrogen-bond donors (Lipinski definition) is 2. The molecule has 1 aromatic heterocycles. The third-order valence-corrected chi connectivity index (χ3v) is 5.11. The summed E-state index contributed by atoms with van der Waals surface area (Å²) in [7, 11) is 0. The highest BCUT2D eigenvalue weighted by Crippen LogP contribution is 2.25. The van der Waals surface area contributed by atoms with Crippen LogP contribution in [0.25, 0.3) is 0 Å². The molecule has 7 heteroatoms. The molecule has 0 bridgehead atoms. The number of rotatable bonds is 8. The Morgan fingerprint density at radius 1 is 1.35 bits per heavy atom. The van der Waals surface area contributed by atoms with Gasteiger partial charge in [0.25, 0.3) is 0 Å². The van der Waals surface area contributed by atoms with Crippen molar-refractivity contribution in [2.24, 2.45) is 0 Å². The molecule has 0 unspecified atom stereocenters. The minimum Gasteiger partial charge on any atom is -0.360 e. The predicted octanol–water partition coefficient (Wildman–Crippen LogP) is 4.21. The highest BCUT2D eigenvalue weighted by Gasteiger charge is 2.09. The molecule has 124 valence electrons. The Hall–Kier alpha value is -1.60. The smallest absolute Gasteiger partial charge is 0.234 e. The van der Waals surface area contributed by atoms with Crippen LogP contribution in [-0.2, 0) is 4.79 Å². The molecule has 23 heavy (non-hydrogen) atoms. The van der Waals surface area contributed by atoms with Gasteiger partial charge in [0.1, 0.15) is 0 Å². The third-order valence-electron chi connectivity index (χ3n) is 3.10. The second-order valence-electron chi connectivity index (χ2n) is 5.42. The zero-order valence-electron chi connectivity index (χ0n) is 13.6. The third kappa shape index (κ3) is 5.84. The van der Waals surface area contributed by atoms with Crippen LogP contribution in [0.1, 0.15) is 38.7 Å². The predicted molar refractivity (Wildman–Crippen MR) is 98.6 cm³/mol. The largest absolute Gasteiger partial charge is 0.360 e. The number of nitrogens with one attached hydrogen (secondary N) is 2. The molecule has 5 nitrogen and oxygen atoms in total. The van der Waals surface area contributed by atoms with Crippen LogP contribution in [-0.4, -0.2) is 28.4 Å². The van der Waals surface area contributed by atoms with E-state index < -0.39 is 0 Å². The first-order valence-electron chi connectivity index (χ1n) is 7.68. The van der Waals surface area contributed by atoms with Crippen LogP contribution in [0.15, 0.2) is 28.6 Å². The van der Waals surface area contributed by atoms with Gasteiger partial charge in [0.15, 0.2) is 4.34 Å². The lowest BCUT2D eigenvalue weighted by Gasteiger charge is -2.09. The van der Waals surface area contributed by atoms with Gasteiger partial charge in [0.05, 0.1) is 5.75 Å². The number of thioether (sulfide) groups is 1. The molecular formula is C16H22N4OS2. The van der Waals surface area contributed by atoms with Crippen molar-refractivity contribution >= 4 is 39.8 Å². The van der Waals surface area contributed by atoms with Gasteiger partial charge in [-0.1, -0.05) is 56.0 Å². The van der Waals surface area contributed by atoms with E-state index in [9.17, 15) is 4.79 Å². The van der Waals surface area contributed by atoms with Crippen LogP contribution in [0.3, 0.4) is 0 Å². The molecule has 0 saturated heterocycles. The maximum atomic E-state index is 12.1. The highest BCUT2D eigenvalue weighted by molar-refractivity contribution is 8.01. The Balaban J connectivity index is 1.83. The standard InChI is InChI=1S/C16H22N4OS2/c1-4-8-17-15-19-20-16(23-15)22-10-14(21)18-13-7-5-6-12(9-13)11(2)3/h5-7,9,11H,4,8,10H2,1-3H3,(H,17,19)(H,18,21). The van der Waals surface area contributed by atoms with E-state index in [0.29, 0.717) is 11.7 Å². The first-order valence-corrected chi connectivity index (χ1v) is 9.48. The fourth-order valence-electron chi connectivity index (χ4n) is 1.87. The van der Waals surface area contributed by atoms with Crippen LogP contribution >= 0.6 is 23.1 Å². The molecular weight excluding hydrogens is 328 g/mol. The van der Waals surface area contributed by atoms with E-state index in [1.807, 2.05) is 18.2 Å². The molecule has 2 rings (SSSR count). The SMILES string of the molecule is CCCNc1nnc(SCC(=O)Nc2cccc(C(C)C)c2)s1. The maximum Gasteiger partial charge on any atom is 0.234 e. The van der Waals surface area contributed by atoms with E-state index >= 15 is 0 Å². The van der Waals surface area contributed by atoms with Crippen LogP contribution in [0, 0.1) is 0 Å². The molecule has 2 N–H and O–H groups in total. The van der Waals surface area contributed by atoms with Gasteiger partial charge in [0.2, 0.25) is 11.0 Å². The fourth-order valence-corrected chi connectivity index (χ4v) is 3.45. The van der Waals surface area contributed by atoms with Crippen molar-refractivity contribution in [3.63, 3.8) is 0 Å². The summed E-state index contributed by atoms with van der Waals surface area (Å²) in [5.74, 6) is 0.736. The number of carbonyl (C=O) groups is 1. The normalized spacial score (nSPS) is 10.8. The van der Waals surface area contributed by atoms with Gasteiger partial charge >= 0.3 is 0 Å². The summed E-state index contributed by atoms with van der Waals surface area (Å²) in [5, 5.41) is 15.1. The first-order chi connectivity index (χ1) is 11.1. The van der Waals surface area contributed by atoms with Crippen molar-refractivity contribution < 1.29 is 4.79 Å². The Labute approximate surface area is 145 Å². The summed E-state index contributed by atoms with van der Waals surface area (Å²) in [5.41, 5.74) is 2.05. The van der Waals surface area contributed by atoms with Crippen molar-refractivity contribution in [3.8, 4) is 0 Å². The summed E-state index contributed by atoms with van der Waals surface area (Å²) in [4.78, 5) is 12.1. The first kappa shape index (κ1) is 17.7. The molecule has 1 amide bonds. The van der Waals surface area contributed by atoms with Gasteiger partial charge in [-0.15, -0.1) is 10.2 Å². The minimum absolute atomic E-state index is 0.0332. The summed E-state index contributed by atoms with van der Waals surface area (Å²) in [6, 6.07) is 7.97. The molecule has 0 spiro atoms. The van der Waals surface area contributed by atoms with Crippen molar-refractivity contribution in [3.05, 3.63) is 29.8 Å². The highest BCUT2D eigenvalue weighted by atomic mass is 32.2.